The molecule has 1 aliphatic heterocycles. The third-order valence-corrected chi connectivity index (χ3v) is 5.94. The number of rotatable bonds is 8. The summed E-state index contributed by atoms with van der Waals surface area (Å²) < 4.78 is 16.1. The zero-order valence-corrected chi connectivity index (χ0v) is 19.4. The van der Waals surface area contributed by atoms with Gasteiger partial charge >= 0.3 is 0 Å². The molecule has 0 N–H and O–H groups in total. The van der Waals surface area contributed by atoms with Gasteiger partial charge in [-0.3, -0.25) is 9.69 Å². The molecule has 0 radical (unpaired) electrons. The van der Waals surface area contributed by atoms with E-state index < -0.39 is 0 Å². The molecule has 1 saturated heterocycles. The van der Waals surface area contributed by atoms with Crippen molar-refractivity contribution in [3.63, 3.8) is 0 Å². The number of aryl methyl sites for hydroxylation is 2. The van der Waals surface area contributed by atoms with Crippen LogP contribution in [0.5, 0.6) is 11.5 Å². The molecule has 2 aromatic carbocycles. The molecule has 0 unspecified atom stereocenters. The van der Waals surface area contributed by atoms with Gasteiger partial charge in [-0.05, 0) is 31.0 Å². The standard InChI is InChI=1S/C25H30N4O4/c1-18-4-8-20(9-5-18)25-26-23(33-27-25)17-28-12-14-29(15-13-28)24(30)11-7-19-6-10-21(31-2)22(16-19)32-3/h4-6,8-10,16H,7,11-15,17H2,1-3H3. The van der Waals surface area contributed by atoms with Crippen molar-refractivity contribution in [3.8, 4) is 22.9 Å². The van der Waals surface area contributed by atoms with Gasteiger partial charge in [0.1, 0.15) is 0 Å². The SMILES string of the molecule is COc1ccc(CCC(=O)N2CCN(Cc3nc(-c4ccc(C)cc4)no3)CC2)cc1OC. The van der Waals surface area contributed by atoms with Crippen LogP contribution in [0.4, 0.5) is 0 Å². The topological polar surface area (TPSA) is 80.9 Å². The van der Waals surface area contributed by atoms with Gasteiger partial charge in [0.05, 0.1) is 20.8 Å². The second-order valence-corrected chi connectivity index (χ2v) is 8.22. The van der Waals surface area contributed by atoms with Gasteiger partial charge in [-0.1, -0.05) is 41.1 Å². The van der Waals surface area contributed by atoms with Crippen molar-refractivity contribution >= 4 is 5.91 Å². The van der Waals surface area contributed by atoms with E-state index in [1.807, 2.05) is 54.3 Å². The van der Waals surface area contributed by atoms with Crippen LogP contribution in [0.25, 0.3) is 11.4 Å². The summed E-state index contributed by atoms with van der Waals surface area (Å²) in [7, 11) is 3.23. The number of carbonyl (C=O) groups excluding carboxylic acids is 1. The highest BCUT2D eigenvalue weighted by molar-refractivity contribution is 5.76. The van der Waals surface area contributed by atoms with E-state index in [-0.39, 0.29) is 5.91 Å². The van der Waals surface area contributed by atoms with Gasteiger partial charge in [0.25, 0.3) is 0 Å². The Balaban J connectivity index is 1.24. The first kappa shape index (κ1) is 22.8. The van der Waals surface area contributed by atoms with Crippen LogP contribution >= 0.6 is 0 Å². The Morgan fingerprint density at radius 2 is 1.73 bits per heavy atom. The van der Waals surface area contributed by atoms with E-state index in [1.54, 1.807) is 14.2 Å². The van der Waals surface area contributed by atoms with E-state index >= 15 is 0 Å². The average molecular weight is 451 g/mol. The lowest BCUT2D eigenvalue weighted by Gasteiger charge is -2.34. The van der Waals surface area contributed by atoms with Crippen LogP contribution in [0.1, 0.15) is 23.4 Å². The van der Waals surface area contributed by atoms with Crippen molar-refractivity contribution in [1.82, 2.24) is 19.9 Å². The molecule has 0 spiro atoms. The molecule has 1 aromatic heterocycles. The fourth-order valence-electron chi connectivity index (χ4n) is 3.93. The van der Waals surface area contributed by atoms with Crippen LogP contribution in [0, 0.1) is 6.92 Å². The number of carbonyl (C=O) groups is 1. The van der Waals surface area contributed by atoms with E-state index in [0.29, 0.717) is 55.7 Å². The molecule has 0 saturated carbocycles. The number of ether oxygens (including phenoxy) is 2. The molecule has 174 valence electrons. The Morgan fingerprint density at radius 3 is 2.42 bits per heavy atom. The first-order valence-electron chi connectivity index (χ1n) is 11.2. The van der Waals surface area contributed by atoms with E-state index in [9.17, 15) is 4.79 Å². The molecule has 8 heteroatoms. The third-order valence-electron chi connectivity index (χ3n) is 5.94. The molecule has 4 rings (SSSR count). The van der Waals surface area contributed by atoms with Gasteiger partial charge in [-0.25, -0.2) is 0 Å². The number of aromatic nitrogens is 2. The molecule has 8 nitrogen and oxygen atoms in total. The summed E-state index contributed by atoms with van der Waals surface area (Å²) in [6.07, 6.45) is 1.14. The summed E-state index contributed by atoms with van der Waals surface area (Å²) >= 11 is 0. The fourth-order valence-corrected chi connectivity index (χ4v) is 3.93. The lowest BCUT2D eigenvalue weighted by molar-refractivity contribution is -0.133. The average Bonchev–Trinajstić information content (AvgIpc) is 3.31. The number of benzene rings is 2. The first-order chi connectivity index (χ1) is 16.1. The largest absolute Gasteiger partial charge is 0.493 e. The molecule has 0 aliphatic carbocycles. The summed E-state index contributed by atoms with van der Waals surface area (Å²) in [5.74, 6) is 2.75. The van der Waals surface area contributed by atoms with Crippen molar-refractivity contribution in [1.29, 1.82) is 0 Å². The Hall–Kier alpha value is -3.39. The number of hydrogen-bond donors (Lipinski definition) is 0. The van der Waals surface area contributed by atoms with Gasteiger partial charge in [-0.2, -0.15) is 4.98 Å². The molecule has 0 atom stereocenters. The maximum atomic E-state index is 12.7. The number of piperazine rings is 1. The molecular formula is C25H30N4O4. The minimum Gasteiger partial charge on any atom is -0.493 e. The van der Waals surface area contributed by atoms with Crippen molar-refractivity contribution < 1.29 is 18.8 Å². The van der Waals surface area contributed by atoms with Crippen molar-refractivity contribution in [3.05, 3.63) is 59.5 Å². The predicted octanol–water partition coefficient (Wildman–Crippen LogP) is 3.34. The highest BCUT2D eigenvalue weighted by atomic mass is 16.5. The summed E-state index contributed by atoms with van der Waals surface area (Å²) in [4.78, 5) is 21.4. The van der Waals surface area contributed by atoms with Crippen LogP contribution < -0.4 is 9.47 Å². The maximum Gasteiger partial charge on any atom is 0.241 e. The Labute approximate surface area is 194 Å². The van der Waals surface area contributed by atoms with Gasteiger partial charge in [0, 0.05) is 38.2 Å². The summed E-state index contributed by atoms with van der Waals surface area (Å²) in [5.41, 5.74) is 3.19. The lowest BCUT2D eigenvalue weighted by atomic mass is 10.1. The van der Waals surface area contributed by atoms with Crippen LogP contribution in [-0.2, 0) is 17.8 Å². The maximum absolute atomic E-state index is 12.7. The molecule has 1 aliphatic rings. The van der Waals surface area contributed by atoms with Crippen LogP contribution in [0.2, 0.25) is 0 Å². The smallest absolute Gasteiger partial charge is 0.241 e. The van der Waals surface area contributed by atoms with Crippen LogP contribution in [0.3, 0.4) is 0 Å². The molecule has 1 amide bonds. The zero-order valence-electron chi connectivity index (χ0n) is 19.4. The van der Waals surface area contributed by atoms with E-state index in [2.05, 4.69) is 15.0 Å². The number of hydrogen-bond acceptors (Lipinski definition) is 7. The minimum absolute atomic E-state index is 0.170. The number of amides is 1. The Bertz CT molecular complexity index is 1070. The molecule has 3 aromatic rings. The van der Waals surface area contributed by atoms with E-state index in [0.717, 1.165) is 24.2 Å². The Morgan fingerprint density at radius 1 is 1.00 bits per heavy atom. The van der Waals surface area contributed by atoms with Gasteiger partial charge in [-0.15, -0.1) is 0 Å². The van der Waals surface area contributed by atoms with Crippen LogP contribution in [-0.4, -0.2) is 66.2 Å². The molecule has 1 fully saturated rings. The van der Waals surface area contributed by atoms with E-state index in [4.69, 9.17) is 14.0 Å². The lowest BCUT2D eigenvalue weighted by Crippen LogP contribution is -2.48. The normalized spacial score (nSPS) is 14.3. The minimum atomic E-state index is 0.170. The zero-order chi connectivity index (χ0) is 23.2. The monoisotopic (exact) mass is 450 g/mol. The van der Waals surface area contributed by atoms with Crippen molar-refractivity contribution in [2.75, 3.05) is 40.4 Å². The second kappa shape index (κ2) is 10.5. The first-order valence-corrected chi connectivity index (χ1v) is 11.2. The summed E-state index contributed by atoms with van der Waals surface area (Å²) in [5, 5.41) is 4.11. The van der Waals surface area contributed by atoms with Crippen molar-refractivity contribution in [2.24, 2.45) is 0 Å². The predicted molar refractivity (Wildman–Crippen MR) is 124 cm³/mol. The molecule has 0 bridgehead atoms. The van der Waals surface area contributed by atoms with Gasteiger partial charge < -0.3 is 18.9 Å². The Kier molecular flexibility index (Phi) is 7.24. The molecular weight excluding hydrogens is 420 g/mol. The second-order valence-electron chi connectivity index (χ2n) is 8.22. The van der Waals surface area contributed by atoms with E-state index in [1.165, 1.54) is 5.56 Å². The molecule has 33 heavy (non-hydrogen) atoms. The fraction of sp³-hybridized carbons (Fsp3) is 0.400. The van der Waals surface area contributed by atoms with Crippen LogP contribution in [0.15, 0.2) is 47.0 Å². The quantitative estimate of drug-likeness (QED) is 0.521. The van der Waals surface area contributed by atoms with Gasteiger partial charge in [0.2, 0.25) is 17.6 Å². The van der Waals surface area contributed by atoms with Gasteiger partial charge in [0.15, 0.2) is 11.5 Å². The number of methoxy groups -OCH3 is 2. The third kappa shape index (κ3) is 5.70. The summed E-state index contributed by atoms with van der Waals surface area (Å²) in [6, 6.07) is 13.8. The number of nitrogens with zero attached hydrogens (tertiary/aromatic N) is 4. The van der Waals surface area contributed by atoms with Crippen molar-refractivity contribution in [2.45, 2.75) is 26.3 Å². The summed E-state index contributed by atoms with van der Waals surface area (Å²) in [6.45, 7) is 5.60. The molecule has 2 heterocycles. The highest BCUT2D eigenvalue weighted by Crippen LogP contribution is 2.28. The highest BCUT2D eigenvalue weighted by Gasteiger charge is 2.22.